The first-order chi connectivity index (χ1) is 4.86. The highest BCUT2D eigenvalue weighted by Gasteiger charge is 2.13. The average molecular weight is 155 g/mol. The standard InChI is InChI=1S/C5H5N3OS/c9-5-7-4-1-2-6-8(4)3-10-5/h1-2H,3H2,(H,7,9). The number of aromatic nitrogens is 2. The monoisotopic (exact) mass is 155 g/mol. The molecule has 0 radical (unpaired) electrons. The number of hydrogen-bond acceptors (Lipinski definition) is 3. The molecule has 0 unspecified atom stereocenters. The predicted molar refractivity (Wildman–Crippen MR) is 38.8 cm³/mol. The first-order valence-corrected chi connectivity index (χ1v) is 3.80. The maximum atomic E-state index is 10.7. The molecule has 0 aromatic carbocycles. The van der Waals surface area contributed by atoms with Crippen LogP contribution in [-0.2, 0) is 5.88 Å². The van der Waals surface area contributed by atoms with Crippen LogP contribution in [-0.4, -0.2) is 15.0 Å². The highest BCUT2D eigenvalue weighted by atomic mass is 32.2. The number of rotatable bonds is 0. The van der Waals surface area contributed by atoms with Crippen molar-refractivity contribution >= 4 is 22.8 Å². The van der Waals surface area contributed by atoms with E-state index in [9.17, 15) is 4.79 Å². The molecular weight excluding hydrogens is 150 g/mol. The lowest BCUT2D eigenvalue weighted by Crippen LogP contribution is -2.17. The largest absolute Gasteiger partial charge is 0.302 e. The first kappa shape index (κ1) is 5.79. The molecule has 1 N–H and O–H groups in total. The van der Waals surface area contributed by atoms with Gasteiger partial charge in [-0.1, -0.05) is 0 Å². The molecule has 4 nitrogen and oxygen atoms in total. The van der Waals surface area contributed by atoms with Crippen molar-refractivity contribution in [2.75, 3.05) is 5.32 Å². The van der Waals surface area contributed by atoms with Crippen molar-refractivity contribution in [3.05, 3.63) is 12.3 Å². The van der Waals surface area contributed by atoms with E-state index in [1.54, 1.807) is 16.9 Å². The Labute approximate surface area is 61.6 Å². The molecule has 0 aliphatic carbocycles. The zero-order valence-electron chi connectivity index (χ0n) is 5.07. The molecule has 0 saturated carbocycles. The van der Waals surface area contributed by atoms with Crippen molar-refractivity contribution in [2.45, 2.75) is 5.88 Å². The van der Waals surface area contributed by atoms with E-state index < -0.39 is 0 Å². The molecule has 0 atom stereocenters. The van der Waals surface area contributed by atoms with Crippen LogP contribution in [0.5, 0.6) is 0 Å². The zero-order valence-corrected chi connectivity index (χ0v) is 5.89. The van der Waals surface area contributed by atoms with Gasteiger partial charge in [-0.2, -0.15) is 5.10 Å². The number of carbonyl (C=O) groups is 1. The topological polar surface area (TPSA) is 46.9 Å². The van der Waals surface area contributed by atoms with Gasteiger partial charge >= 0.3 is 0 Å². The van der Waals surface area contributed by atoms with Crippen LogP contribution >= 0.6 is 11.8 Å². The van der Waals surface area contributed by atoms with Crippen LogP contribution in [0.15, 0.2) is 12.3 Å². The quantitative estimate of drug-likeness (QED) is 0.610. The lowest BCUT2D eigenvalue weighted by Gasteiger charge is -2.12. The second kappa shape index (κ2) is 2.02. The van der Waals surface area contributed by atoms with Gasteiger partial charge < -0.3 is 5.32 Å². The number of hydrogen-bond donors (Lipinski definition) is 1. The summed E-state index contributed by atoms with van der Waals surface area (Å²) in [4.78, 5) is 10.7. The van der Waals surface area contributed by atoms with Gasteiger partial charge in [-0.3, -0.25) is 4.79 Å². The van der Waals surface area contributed by atoms with Gasteiger partial charge in [-0.15, -0.1) is 0 Å². The van der Waals surface area contributed by atoms with Gasteiger partial charge in [0, 0.05) is 6.07 Å². The van der Waals surface area contributed by atoms with E-state index in [0.29, 0.717) is 5.88 Å². The fourth-order valence-electron chi connectivity index (χ4n) is 0.802. The van der Waals surface area contributed by atoms with Crippen LogP contribution in [0.25, 0.3) is 0 Å². The van der Waals surface area contributed by atoms with Crippen molar-refractivity contribution in [2.24, 2.45) is 0 Å². The summed E-state index contributed by atoms with van der Waals surface area (Å²) in [6.07, 6.45) is 1.67. The Kier molecular flexibility index (Phi) is 1.17. The second-order valence-corrected chi connectivity index (χ2v) is 2.82. The molecule has 52 valence electrons. The van der Waals surface area contributed by atoms with E-state index in [1.807, 2.05) is 0 Å². The van der Waals surface area contributed by atoms with Gasteiger partial charge in [0.15, 0.2) is 0 Å². The van der Waals surface area contributed by atoms with Crippen molar-refractivity contribution in [3.63, 3.8) is 0 Å². The normalized spacial score (nSPS) is 16.2. The molecule has 0 fully saturated rings. The van der Waals surface area contributed by atoms with Crippen molar-refractivity contribution in [3.8, 4) is 0 Å². The Bertz CT molecular complexity index is 270. The first-order valence-electron chi connectivity index (χ1n) is 2.82. The summed E-state index contributed by atoms with van der Waals surface area (Å²) in [7, 11) is 0. The minimum atomic E-state index is -0.00648. The van der Waals surface area contributed by atoms with Crippen LogP contribution in [0, 0.1) is 0 Å². The average Bonchev–Trinajstić information content (AvgIpc) is 2.33. The molecule has 1 aliphatic heterocycles. The molecule has 0 spiro atoms. The summed E-state index contributed by atoms with van der Waals surface area (Å²) >= 11 is 1.22. The Morgan fingerprint density at radius 1 is 1.80 bits per heavy atom. The summed E-state index contributed by atoms with van der Waals surface area (Å²) in [5, 5.41) is 6.63. The lowest BCUT2D eigenvalue weighted by atomic mass is 10.6. The van der Waals surface area contributed by atoms with Gasteiger partial charge in [0.25, 0.3) is 5.24 Å². The lowest BCUT2D eigenvalue weighted by molar-refractivity contribution is 0.269. The van der Waals surface area contributed by atoms with Gasteiger partial charge in [-0.05, 0) is 11.8 Å². The van der Waals surface area contributed by atoms with Gasteiger partial charge in [0.1, 0.15) is 5.82 Å². The Hall–Kier alpha value is -0.970. The van der Waals surface area contributed by atoms with Gasteiger partial charge in [0.2, 0.25) is 0 Å². The van der Waals surface area contributed by atoms with Crippen LogP contribution in [0.4, 0.5) is 10.6 Å². The fourth-order valence-corrected chi connectivity index (χ4v) is 1.42. The smallest absolute Gasteiger partial charge is 0.286 e. The number of nitrogens with zero attached hydrogens (tertiary/aromatic N) is 2. The Morgan fingerprint density at radius 3 is 3.60 bits per heavy atom. The number of anilines is 1. The van der Waals surface area contributed by atoms with E-state index in [2.05, 4.69) is 10.4 Å². The SMILES string of the molecule is O=C1Nc2ccnn2CS1. The third-order valence-corrected chi connectivity index (χ3v) is 2.00. The number of thioether (sulfide) groups is 1. The molecule has 1 aromatic rings. The van der Waals surface area contributed by atoms with Crippen LogP contribution in [0.1, 0.15) is 0 Å². The van der Waals surface area contributed by atoms with Crippen LogP contribution < -0.4 is 5.32 Å². The zero-order chi connectivity index (χ0) is 6.97. The number of fused-ring (bicyclic) bond motifs is 1. The molecule has 2 rings (SSSR count). The van der Waals surface area contributed by atoms with E-state index in [4.69, 9.17) is 0 Å². The molecule has 5 heteroatoms. The second-order valence-electron chi connectivity index (χ2n) is 1.90. The highest BCUT2D eigenvalue weighted by molar-refractivity contribution is 8.13. The maximum Gasteiger partial charge on any atom is 0.286 e. The van der Waals surface area contributed by atoms with E-state index in [-0.39, 0.29) is 5.24 Å². The summed E-state index contributed by atoms with van der Waals surface area (Å²) in [5.41, 5.74) is 0. The summed E-state index contributed by atoms with van der Waals surface area (Å²) in [6, 6.07) is 1.78. The minimum absolute atomic E-state index is 0.00648. The van der Waals surface area contributed by atoms with Crippen molar-refractivity contribution in [1.29, 1.82) is 0 Å². The van der Waals surface area contributed by atoms with Crippen molar-refractivity contribution < 1.29 is 4.79 Å². The summed E-state index contributed by atoms with van der Waals surface area (Å²) in [6.45, 7) is 0. The van der Waals surface area contributed by atoms with Gasteiger partial charge in [0.05, 0.1) is 12.1 Å². The number of amides is 1. The molecule has 1 aromatic heterocycles. The maximum absolute atomic E-state index is 10.7. The summed E-state index contributed by atoms with van der Waals surface area (Å²) < 4.78 is 1.74. The molecule has 2 heterocycles. The minimum Gasteiger partial charge on any atom is -0.302 e. The van der Waals surface area contributed by atoms with E-state index in [1.165, 1.54) is 11.8 Å². The molecule has 0 saturated heterocycles. The molecular formula is C5H5N3OS. The molecule has 0 bridgehead atoms. The number of carbonyl (C=O) groups excluding carboxylic acids is 1. The van der Waals surface area contributed by atoms with E-state index >= 15 is 0 Å². The fraction of sp³-hybridized carbons (Fsp3) is 0.200. The highest BCUT2D eigenvalue weighted by Crippen LogP contribution is 2.19. The molecule has 10 heavy (non-hydrogen) atoms. The van der Waals surface area contributed by atoms with Crippen LogP contribution in [0.3, 0.4) is 0 Å². The molecule has 1 aliphatic rings. The third-order valence-electron chi connectivity index (χ3n) is 1.26. The third kappa shape index (κ3) is 0.786. The van der Waals surface area contributed by atoms with E-state index in [0.717, 1.165) is 5.82 Å². The molecule has 1 amide bonds. The Balaban J connectivity index is 2.39. The van der Waals surface area contributed by atoms with Gasteiger partial charge in [-0.25, -0.2) is 4.68 Å². The summed E-state index contributed by atoms with van der Waals surface area (Å²) in [5.74, 6) is 1.40. The number of nitrogens with one attached hydrogen (secondary N) is 1. The van der Waals surface area contributed by atoms with Crippen LogP contribution in [0.2, 0.25) is 0 Å². The van der Waals surface area contributed by atoms with Crippen molar-refractivity contribution in [1.82, 2.24) is 9.78 Å². The predicted octanol–water partition coefficient (Wildman–Crippen LogP) is 1.12. The Morgan fingerprint density at radius 2 is 2.70 bits per heavy atom.